The molecule has 0 bridgehead atoms. The molecule has 3 rings (SSSR count). The van der Waals surface area contributed by atoms with Gasteiger partial charge in [-0.1, -0.05) is 30.3 Å². The molecule has 0 amide bonds. The monoisotopic (exact) mass is 415 g/mol. The van der Waals surface area contributed by atoms with E-state index in [0.717, 1.165) is 6.07 Å². The Hall–Kier alpha value is -3.06. The summed E-state index contributed by atoms with van der Waals surface area (Å²) in [5.74, 6) is 0.498. The van der Waals surface area contributed by atoms with E-state index < -0.39 is 15.8 Å². The van der Waals surface area contributed by atoms with Crippen molar-refractivity contribution in [2.45, 2.75) is 18.4 Å². The zero-order valence-electron chi connectivity index (χ0n) is 16.4. The van der Waals surface area contributed by atoms with E-state index in [1.807, 2.05) is 6.07 Å². The van der Waals surface area contributed by atoms with Gasteiger partial charge in [-0.05, 0) is 42.8 Å². The van der Waals surface area contributed by atoms with E-state index in [4.69, 9.17) is 9.47 Å². The third kappa shape index (κ3) is 4.35. The van der Waals surface area contributed by atoms with Crippen LogP contribution < -0.4 is 13.8 Å². The number of ether oxygens (including phenoxy) is 2. The Kier molecular flexibility index (Phi) is 6.08. The van der Waals surface area contributed by atoms with Crippen molar-refractivity contribution < 1.29 is 22.3 Å². The minimum absolute atomic E-state index is 0.00894. The Morgan fingerprint density at radius 3 is 2.38 bits per heavy atom. The van der Waals surface area contributed by atoms with Gasteiger partial charge in [-0.3, -0.25) is 4.31 Å². The second-order valence-corrected chi connectivity index (χ2v) is 8.30. The maximum atomic E-state index is 14.1. The lowest BCUT2D eigenvalue weighted by Gasteiger charge is -2.26. The van der Waals surface area contributed by atoms with E-state index in [0.29, 0.717) is 28.3 Å². The highest BCUT2D eigenvalue weighted by molar-refractivity contribution is 7.92. The zero-order valence-corrected chi connectivity index (χ0v) is 17.2. The lowest BCUT2D eigenvalue weighted by molar-refractivity contribution is 0.409. The third-order valence-corrected chi connectivity index (χ3v) is 6.35. The predicted octanol–water partition coefficient (Wildman–Crippen LogP) is 4.55. The van der Waals surface area contributed by atoms with E-state index in [9.17, 15) is 12.8 Å². The van der Waals surface area contributed by atoms with Crippen molar-refractivity contribution in [2.24, 2.45) is 0 Å². The van der Waals surface area contributed by atoms with Gasteiger partial charge in [0.25, 0.3) is 10.0 Å². The molecule has 7 heteroatoms. The van der Waals surface area contributed by atoms with Crippen LogP contribution in [0, 0.1) is 12.7 Å². The quantitative estimate of drug-likeness (QED) is 0.568. The molecule has 0 aliphatic carbocycles. The first-order valence-electron chi connectivity index (χ1n) is 8.91. The molecular weight excluding hydrogens is 393 g/mol. The van der Waals surface area contributed by atoms with Crippen LogP contribution in [0.25, 0.3) is 0 Å². The highest BCUT2D eigenvalue weighted by atomic mass is 32.2. The minimum Gasteiger partial charge on any atom is -0.497 e. The number of aryl methyl sites for hydroxylation is 1. The summed E-state index contributed by atoms with van der Waals surface area (Å²) in [6.45, 7) is 1.59. The fourth-order valence-corrected chi connectivity index (χ4v) is 4.38. The van der Waals surface area contributed by atoms with Gasteiger partial charge in [0.1, 0.15) is 17.3 Å². The van der Waals surface area contributed by atoms with Crippen molar-refractivity contribution in [3.8, 4) is 11.5 Å². The van der Waals surface area contributed by atoms with Crippen LogP contribution >= 0.6 is 0 Å². The van der Waals surface area contributed by atoms with E-state index in [2.05, 4.69) is 0 Å². The van der Waals surface area contributed by atoms with Crippen molar-refractivity contribution >= 4 is 15.7 Å². The molecule has 0 saturated carbocycles. The van der Waals surface area contributed by atoms with Crippen LogP contribution in [0.5, 0.6) is 11.5 Å². The summed E-state index contributed by atoms with van der Waals surface area (Å²) in [7, 11) is -1.03. The summed E-state index contributed by atoms with van der Waals surface area (Å²) in [6, 6.07) is 17.8. The number of halogens is 1. The van der Waals surface area contributed by atoms with E-state index in [-0.39, 0.29) is 11.4 Å². The van der Waals surface area contributed by atoms with Gasteiger partial charge in [0.05, 0.1) is 31.3 Å². The minimum atomic E-state index is -4.06. The maximum Gasteiger partial charge on any atom is 0.264 e. The van der Waals surface area contributed by atoms with Crippen molar-refractivity contribution in [3.63, 3.8) is 0 Å². The SMILES string of the molecule is COc1cccc(N(Cc2ccccc2OC)S(=O)(=O)c2ccc(C)c(F)c2)c1. The molecule has 0 aromatic heterocycles. The second-order valence-electron chi connectivity index (χ2n) is 6.44. The molecule has 152 valence electrons. The predicted molar refractivity (Wildman–Crippen MR) is 110 cm³/mol. The third-order valence-electron chi connectivity index (χ3n) is 4.58. The lowest BCUT2D eigenvalue weighted by atomic mass is 10.2. The Morgan fingerprint density at radius 2 is 1.69 bits per heavy atom. The van der Waals surface area contributed by atoms with Crippen LogP contribution in [0.4, 0.5) is 10.1 Å². The van der Waals surface area contributed by atoms with Crippen molar-refractivity contribution in [2.75, 3.05) is 18.5 Å². The molecule has 0 fully saturated rings. The second kappa shape index (κ2) is 8.53. The van der Waals surface area contributed by atoms with Gasteiger partial charge >= 0.3 is 0 Å². The van der Waals surface area contributed by atoms with E-state index in [1.54, 1.807) is 49.4 Å². The Balaban J connectivity index is 2.14. The lowest BCUT2D eigenvalue weighted by Crippen LogP contribution is -2.31. The largest absolute Gasteiger partial charge is 0.497 e. The summed E-state index contributed by atoms with van der Waals surface area (Å²) in [4.78, 5) is -0.127. The van der Waals surface area contributed by atoms with Crippen molar-refractivity contribution in [1.29, 1.82) is 0 Å². The fraction of sp³-hybridized carbons (Fsp3) is 0.182. The molecule has 0 saturated heterocycles. The number of rotatable bonds is 7. The number of benzene rings is 3. The van der Waals surface area contributed by atoms with Gasteiger partial charge < -0.3 is 9.47 Å². The highest BCUT2D eigenvalue weighted by Crippen LogP contribution is 2.31. The smallest absolute Gasteiger partial charge is 0.264 e. The molecule has 3 aromatic rings. The molecule has 0 unspecified atom stereocenters. The molecule has 0 spiro atoms. The van der Waals surface area contributed by atoms with Crippen LogP contribution in [-0.4, -0.2) is 22.6 Å². The van der Waals surface area contributed by atoms with Gasteiger partial charge in [-0.25, -0.2) is 12.8 Å². The molecule has 5 nitrogen and oxygen atoms in total. The van der Waals surface area contributed by atoms with Gasteiger partial charge in [0.15, 0.2) is 0 Å². The molecule has 0 radical (unpaired) electrons. The Labute approximate surface area is 170 Å². The fourth-order valence-electron chi connectivity index (χ4n) is 2.93. The average molecular weight is 415 g/mol. The van der Waals surface area contributed by atoms with Crippen LogP contribution in [0.3, 0.4) is 0 Å². The summed E-state index contributed by atoms with van der Waals surface area (Å²) in [5, 5.41) is 0. The van der Waals surface area contributed by atoms with E-state index in [1.165, 1.54) is 30.7 Å². The number of hydrogen-bond donors (Lipinski definition) is 0. The topological polar surface area (TPSA) is 55.8 Å². The number of methoxy groups -OCH3 is 2. The highest BCUT2D eigenvalue weighted by Gasteiger charge is 2.27. The summed E-state index contributed by atoms with van der Waals surface area (Å²) >= 11 is 0. The van der Waals surface area contributed by atoms with Gasteiger partial charge in [-0.2, -0.15) is 0 Å². The first-order chi connectivity index (χ1) is 13.9. The molecular formula is C22H22FNO4S. The van der Waals surface area contributed by atoms with Gasteiger partial charge in [0, 0.05) is 11.6 Å². The molecule has 0 atom stereocenters. The molecule has 0 heterocycles. The summed E-state index contributed by atoms with van der Waals surface area (Å²) < 4.78 is 52.9. The van der Waals surface area contributed by atoms with Crippen LogP contribution in [-0.2, 0) is 16.6 Å². The number of anilines is 1. The first kappa shape index (κ1) is 20.7. The van der Waals surface area contributed by atoms with Crippen molar-refractivity contribution in [3.05, 3.63) is 83.7 Å². The number of hydrogen-bond acceptors (Lipinski definition) is 4. The Morgan fingerprint density at radius 1 is 0.931 bits per heavy atom. The molecule has 3 aromatic carbocycles. The Bertz CT molecular complexity index is 1120. The van der Waals surface area contributed by atoms with Crippen LogP contribution in [0.1, 0.15) is 11.1 Å². The summed E-state index contributed by atoms with van der Waals surface area (Å²) in [6.07, 6.45) is 0. The van der Waals surface area contributed by atoms with Crippen LogP contribution in [0.15, 0.2) is 71.6 Å². The molecule has 0 N–H and O–H groups in total. The van der Waals surface area contributed by atoms with Gasteiger partial charge in [0.2, 0.25) is 0 Å². The normalized spacial score (nSPS) is 11.2. The zero-order chi connectivity index (χ0) is 21.0. The molecule has 29 heavy (non-hydrogen) atoms. The average Bonchev–Trinajstić information content (AvgIpc) is 2.74. The summed E-state index contributed by atoms with van der Waals surface area (Å²) in [5.41, 5.74) is 1.45. The van der Waals surface area contributed by atoms with E-state index >= 15 is 0 Å². The molecule has 0 aliphatic heterocycles. The van der Waals surface area contributed by atoms with Crippen molar-refractivity contribution in [1.82, 2.24) is 0 Å². The number of nitrogens with zero attached hydrogens (tertiary/aromatic N) is 1. The maximum absolute atomic E-state index is 14.1. The van der Waals surface area contributed by atoms with Crippen LogP contribution in [0.2, 0.25) is 0 Å². The standard InChI is InChI=1S/C22H22FNO4S/c1-16-11-12-20(14-21(16)23)29(25,26)24(18-8-6-9-19(13-18)27-2)15-17-7-4-5-10-22(17)28-3/h4-14H,15H2,1-3H3. The number of para-hydroxylation sites is 1. The number of sulfonamides is 1. The molecule has 0 aliphatic rings. The first-order valence-corrected chi connectivity index (χ1v) is 10.4. The van der Waals surface area contributed by atoms with Gasteiger partial charge in [-0.15, -0.1) is 0 Å².